The lowest BCUT2D eigenvalue weighted by Gasteiger charge is -2.40. The van der Waals surface area contributed by atoms with Crippen molar-refractivity contribution >= 4 is 23.4 Å². The third-order valence-electron chi connectivity index (χ3n) is 9.37. The molecule has 1 heterocycles. The second kappa shape index (κ2) is 11.9. The van der Waals surface area contributed by atoms with Crippen LogP contribution >= 0.6 is 11.6 Å². The minimum absolute atomic E-state index is 0.0146. The Morgan fingerprint density at radius 1 is 1.08 bits per heavy atom. The highest BCUT2D eigenvalue weighted by Crippen LogP contribution is 2.55. The van der Waals surface area contributed by atoms with E-state index in [0.29, 0.717) is 18.4 Å². The molecule has 1 saturated heterocycles. The summed E-state index contributed by atoms with van der Waals surface area (Å²) in [7, 11) is 0. The van der Waals surface area contributed by atoms with Crippen LogP contribution in [0.15, 0.2) is 18.2 Å². The van der Waals surface area contributed by atoms with Crippen LogP contribution < -0.4 is 20.7 Å². The minimum Gasteiger partial charge on any atom is -0.484 e. The van der Waals surface area contributed by atoms with E-state index in [1.165, 1.54) is 63.1 Å². The van der Waals surface area contributed by atoms with Crippen LogP contribution in [0.25, 0.3) is 0 Å². The summed E-state index contributed by atoms with van der Waals surface area (Å²) < 4.78 is 19.0. The van der Waals surface area contributed by atoms with Gasteiger partial charge >= 0.3 is 0 Å². The monoisotopic (exact) mass is 533 g/mol. The number of nitrogens with one attached hydrogen (secondary N) is 3. The average Bonchev–Trinajstić information content (AvgIpc) is 3.44. The first-order chi connectivity index (χ1) is 17.9. The molecule has 4 saturated carbocycles. The number of hydrogen-bond acceptors (Lipinski definition) is 4. The largest absolute Gasteiger partial charge is 0.484 e. The van der Waals surface area contributed by atoms with Gasteiger partial charge in [0.15, 0.2) is 6.61 Å². The lowest BCUT2D eigenvalue weighted by atomic mass is 9.72. The summed E-state index contributed by atoms with van der Waals surface area (Å²) >= 11 is 5.68. The predicted octanol–water partition coefficient (Wildman–Crippen LogP) is 4.99. The molecule has 6 rings (SSSR count). The van der Waals surface area contributed by atoms with Crippen LogP contribution in [0.2, 0.25) is 5.02 Å². The van der Waals surface area contributed by atoms with Crippen LogP contribution in [0.1, 0.15) is 77.0 Å². The van der Waals surface area contributed by atoms with Gasteiger partial charge < -0.3 is 20.7 Å². The maximum absolute atomic E-state index is 13.6. The van der Waals surface area contributed by atoms with Gasteiger partial charge in [-0.15, -0.1) is 0 Å². The van der Waals surface area contributed by atoms with Crippen molar-refractivity contribution < 1.29 is 18.7 Å². The molecule has 0 radical (unpaired) electrons. The number of fused-ring (bicyclic) bond motifs is 1. The summed E-state index contributed by atoms with van der Waals surface area (Å²) in [5, 5.41) is 10.1. The van der Waals surface area contributed by atoms with Gasteiger partial charge in [-0.1, -0.05) is 43.7 Å². The zero-order valence-corrected chi connectivity index (χ0v) is 22.5. The molecule has 5 fully saturated rings. The summed E-state index contributed by atoms with van der Waals surface area (Å²) in [5.74, 6) is 1.56. The summed E-state index contributed by atoms with van der Waals surface area (Å²) in [6.07, 6.45) is 14.1. The second-order valence-electron chi connectivity index (χ2n) is 11.9. The van der Waals surface area contributed by atoms with E-state index in [-0.39, 0.29) is 40.7 Å². The van der Waals surface area contributed by atoms with Crippen molar-refractivity contribution in [2.45, 2.75) is 88.6 Å². The van der Waals surface area contributed by atoms with Crippen molar-refractivity contribution in [1.29, 1.82) is 0 Å². The molecule has 1 aliphatic heterocycles. The number of carbonyl (C=O) groups is 2. The maximum atomic E-state index is 13.6. The molecule has 2 bridgehead atoms. The number of rotatable bonds is 10. The molecule has 2 amide bonds. The third kappa shape index (κ3) is 6.42. The van der Waals surface area contributed by atoms with E-state index in [0.717, 1.165) is 50.6 Å². The quantitative estimate of drug-likeness (QED) is 0.370. The summed E-state index contributed by atoms with van der Waals surface area (Å²) in [5.41, 5.74) is -0.308. The summed E-state index contributed by atoms with van der Waals surface area (Å²) in [4.78, 5) is 25.4. The van der Waals surface area contributed by atoms with E-state index in [1.54, 1.807) is 0 Å². The SMILES string of the molecule is O=C(COc1ccc(Cl)c(F)c1)NC12CC(C1)C(C(=O)NCCCC1NCCCC1C1CCCCC1)C2. The standard InChI is InChI=1S/C29H41ClFN3O3/c30-24-11-10-21(14-25(24)31)37-18-27(35)34-29-15-20(16-29)23(17-29)28(36)33-13-5-9-26-22(8-4-12-32-26)19-6-2-1-3-7-19/h10-11,14,19-20,22-23,26,32H,1-9,12-13,15-18H2,(H,33,36)(H,34,35). The van der Waals surface area contributed by atoms with Gasteiger partial charge in [-0.25, -0.2) is 4.39 Å². The molecule has 4 aliphatic carbocycles. The van der Waals surface area contributed by atoms with Crippen molar-refractivity contribution in [3.8, 4) is 5.75 Å². The fourth-order valence-electron chi connectivity index (χ4n) is 7.58. The van der Waals surface area contributed by atoms with E-state index in [4.69, 9.17) is 16.3 Å². The van der Waals surface area contributed by atoms with Crippen LogP contribution in [0.3, 0.4) is 0 Å². The number of benzene rings is 1. The van der Waals surface area contributed by atoms with Crippen LogP contribution in [0.4, 0.5) is 4.39 Å². The molecule has 0 spiro atoms. The van der Waals surface area contributed by atoms with E-state index in [1.807, 2.05) is 0 Å². The first kappa shape index (κ1) is 26.7. The predicted molar refractivity (Wildman–Crippen MR) is 142 cm³/mol. The smallest absolute Gasteiger partial charge is 0.258 e. The van der Waals surface area contributed by atoms with E-state index < -0.39 is 5.82 Å². The highest BCUT2D eigenvalue weighted by atomic mass is 35.5. The number of piperidine rings is 1. The van der Waals surface area contributed by atoms with Gasteiger partial charge in [0.1, 0.15) is 11.6 Å². The highest BCUT2D eigenvalue weighted by Gasteiger charge is 2.58. The van der Waals surface area contributed by atoms with Gasteiger partial charge in [-0.2, -0.15) is 0 Å². The number of carbonyl (C=O) groups excluding carboxylic acids is 2. The molecule has 6 nitrogen and oxygen atoms in total. The fraction of sp³-hybridized carbons (Fsp3) is 0.724. The Kier molecular flexibility index (Phi) is 8.60. The minimum atomic E-state index is -0.580. The van der Waals surface area contributed by atoms with Crippen molar-refractivity contribution in [3.05, 3.63) is 29.0 Å². The zero-order valence-electron chi connectivity index (χ0n) is 21.7. The number of halogens is 2. The lowest BCUT2D eigenvalue weighted by Crippen LogP contribution is -2.53. The Labute approximate surface area is 224 Å². The van der Waals surface area contributed by atoms with Gasteiger partial charge in [0.05, 0.1) is 5.02 Å². The third-order valence-corrected chi connectivity index (χ3v) is 9.68. The first-order valence-electron chi connectivity index (χ1n) is 14.3. The summed E-state index contributed by atoms with van der Waals surface area (Å²) in [6.45, 7) is 1.66. The van der Waals surface area contributed by atoms with E-state index in [9.17, 15) is 14.0 Å². The van der Waals surface area contributed by atoms with Crippen molar-refractivity contribution in [2.75, 3.05) is 19.7 Å². The lowest BCUT2D eigenvalue weighted by molar-refractivity contribution is -0.126. The topological polar surface area (TPSA) is 79.5 Å². The number of hydrogen-bond donors (Lipinski definition) is 3. The van der Waals surface area contributed by atoms with Crippen molar-refractivity contribution in [3.63, 3.8) is 0 Å². The molecule has 5 aliphatic rings. The molecule has 3 atom stereocenters. The van der Waals surface area contributed by atoms with Gasteiger partial charge in [-0.3, -0.25) is 9.59 Å². The molecule has 3 unspecified atom stereocenters. The van der Waals surface area contributed by atoms with Gasteiger partial charge in [0.2, 0.25) is 5.91 Å². The Morgan fingerprint density at radius 3 is 2.68 bits per heavy atom. The molecule has 8 heteroatoms. The first-order valence-corrected chi connectivity index (χ1v) is 14.7. The molecule has 204 valence electrons. The second-order valence-corrected chi connectivity index (χ2v) is 12.3. The van der Waals surface area contributed by atoms with Crippen LogP contribution in [0, 0.1) is 29.5 Å². The Morgan fingerprint density at radius 2 is 1.89 bits per heavy atom. The molecule has 37 heavy (non-hydrogen) atoms. The van der Waals surface area contributed by atoms with Crippen LogP contribution in [-0.2, 0) is 9.59 Å². The van der Waals surface area contributed by atoms with E-state index in [2.05, 4.69) is 16.0 Å². The Hall–Kier alpha value is -1.86. The Balaban J connectivity index is 1.01. The van der Waals surface area contributed by atoms with Gasteiger partial charge in [0.25, 0.3) is 5.91 Å². The highest BCUT2D eigenvalue weighted by molar-refractivity contribution is 6.30. The van der Waals surface area contributed by atoms with Crippen molar-refractivity contribution in [1.82, 2.24) is 16.0 Å². The number of amides is 2. The normalized spacial score (nSPS) is 31.4. The zero-order chi connectivity index (χ0) is 25.8. The maximum Gasteiger partial charge on any atom is 0.258 e. The molecule has 1 aromatic carbocycles. The van der Waals surface area contributed by atoms with Crippen LogP contribution in [-0.4, -0.2) is 43.1 Å². The molecule has 1 aromatic rings. The Bertz CT molecular complexity index is 964. The van der Waals surface area contributed by atoms with Gasteiger partial charge in [0, 0.05) is 30.1 Å². The molecule has 0 aromatic heterocycles. The summed E-state index contributed by atoms with van der Waals surface area (Å²) in [6, 6.07) is 4.70. The van der Waals surface area contributed by atoms with E-state index >= 15 is 0 Å². The molecule has 3 N–H and O–H groups in total. The van der Waals surface area contributed by atoms with Gasteiger partial charge in [-0.05, 0) is 81.4 Å². The molecular weight excluding hydrogens is 493 g/mol. The average molecular weight is 534 g/mol. The van der Waals surface area contributed by atoms with Crippen molar-refractivity contribution in [2.24, 2.45) is 23.7 Å². The molecular formula is C29H41ClFN3O3. The number of ether oxygens (including phenoxy) is 1. The van der Waals surface area contributed by atoms with Crippen LogP contribution in [0.5, 0.6) is 5.75 Å². The fourth-order valence-corrected chi connectivity index (χ4v) is 7.69.